The maximum Gasteiger partial charge on any atom is 0.0722 e. The standard InChI is InChI=1S/C16H24N2O/c1-4-14(17)9-13-11-18(10-12(2)19-3)16-8-6-5-7-15(13)16/h5-8,11-12,14H,4,9-10,17H2,1-3H3. The predicted molar refractivity (Wildman–Crippen MR) is 80.4 cm³/mol. The fourth-order valence-electron chi connectivity index (χ4n) is 2.41. The summed E-state index contributed by atoms with van der Waals surface area (Å²) >= 11 is 0. The smallest absolute Gasteiger partial charge is 0.0722 e. The maximum atomic E-state index is 6.10. The van der Waals surface area contributed by atoms with Crippen LogP contribution in [0.25, 0.3) is 10.9 Å². The summed E-state index contributed by atoms with van der Waals surface area (Å²) in [5.74, 6) is 0. The van der Waals surface area contributed by atoms with Crippen LogP contribution >= 0.6 is 0 Å². The second-order valence-electron chi connectivity index (χ2n) is 5.24. The Morgan fingerprint density at radius 3 is 2.74 bits per heavy atom. The van der Waals surface area contributed by atoms with Gasteiger partial charge in [-0.25, -0.2) is 0 Å². The lowest BCUT2D eigenvalue weighted by Gasteiger charge is -2.11. The molecule has 0 bridgehead atoms. The van der Waals surface area contributed by atoms with Crippen molar-refractivity contribution in [2.75, 3.05) is 7.11 Å². The summed E-state index contributed by atoms with van der Waals surface area (Å²) in [6, 6.07) is 8.76. The van der Waals surface area contributed by atoms with E-state index in [1.807, 2.05) is 0 Å². The minimum absolute atomic E-state index is 0.212. The predicted octanol–water partition coefficient (Wildman–Crippen LogP) is 2.96. The van der Waals surface area contributed by atoms with Crippen molar-refractivity contribution in [2.45, 2.75) is 45.4 Å². The lowest BCUT2D eigenvalue weighted by atomic mass is 10.0. The number of aromatic nitrogens is 1. The molecule has 2 N–H and O–H groups in total. The van der Waals surface area contributed by atoms with Gasteiger partial charge in [-0.2, -0.15) is 0 Å². The molecule has 19 heavy (non-hydrogen) atoms. The number of nitrogens with two attached hydrogens (primary N) is 1. The van der Waals surface area contributed by atoms with Gasteiger partial charge in [-0.3, -0.25) is 0 Å². The van der Waals surface area contributed by atoms with Gasteiger partial charge in [0, 0.05) is 36.8 Å². The van der Waals surface area contributed by atoms with Gasteiger partial charge in [0.1, 0.15) is 0 Å². The van der Waals surface area contributed by atoms with Gasteiger partial charge in [0.05, 0.1) is 6.10 Å². The fraction of sp³-hybridized carbons (Fsp3) is 0.500. The Hall–Kier alpha value is -1.32. The Balaban J connectivity index is 2.36. The Kier molecular flexibility index (Phi) is 4.61. The molecule has 0 saturated carbocycles. The van der Waals surface area contributed by atoms with Gasteiger partial charge >= 0.3 is 0 Å². The normalized spacial score (nSPS) is 14.7. The van der Waals surface area contributed by atoms with E-state index in [0.717, 1.165) is 19.4 Å². The molecule has 0 aliphatic carbocycles. The second kappa shape index (κ2) is 6.22. The van der Waals surface area contributed by atoms with Gasteiger partial charge < -0.3 is 15.0 Å². The van der Waals surface area contributed by atoms with Gasteiger partial charge in [0.2, 0.25) is 0 Å². The van der Waals surface area contributed by atoms with Crippen LogP contribution in [-0.4, -0.2) is 23.8 Å². The molecule has 3 heteroatoms. The number of benzene rings is 1. The van der Waals surface area contributed by atoms with Crippen LogP contribution in [0, 0.1) is 0 Å². The number of rotatable bonds is 6. The van der Waals surface area contributed by atoms with Crippen molar-refractivity contribution in [2.24, 2.45) is 5.73 Å². The Morgan fingerprint density at radius 1 is 1.32 bits per heavy atom. The zero-order chi connectivity index (χ0) is 13.8. The number of para-hydroxylation sites is 1. The highest BCUT2D eigenvalue weighted by Gasteiger charge is 2.12. The number of hydrogen-bond donors (Lipinski definition) is 1. The van der Waals surface area contributed by atoms with Crippen LogP contribution in [0.15, 0.2) is 30.5 Å². The number of hydrogen-bond acceptors (Lipinski definition) is 2. The van der Waals surface area contributed by atoms with E-state index in [9.17, 15) is 0 Å². The Labute approximate surface area is 115 Å². The zero-order valence-corrected chi connectivity index (χ0v) is 12.1. The van der Waals surface area contributed by atoms with Gasteiger partial charge in [-0.15, -0.1) is 0 Å². The molecule has 0 aliphatic heterocycles. The highest BCUT2D eigenvalue weighted by Crippen LogP contribution is 2.23. The lowest BCUT2D eigenvalue weighted by Crippen LogP contribution is -2.21. The van der Waals surface area contributed by atoms with Crippen molar-refractivity contribution >= 4 is 10.9 Å². The molecule has 0 saturated heterocycles. The van der Waals surface area contributed by atoms with Crippen LogP contribution in [0.5, 0.6) is 0 Å². The van der Waals surface area contributed by atoms with Crippen LogP contribution in [0.3, 0.4) is 0 Å². The van der Waals surface area contributed by atoms with Crippen molar-refractivity contribution in [3.05, 3.63) is 36.0 Å². The third-order valence-electron chi connectivity index (χ3n) is 3.73. The molecule has 1 aromatic carbocycles. The zero-order valence-electron chi connectivity index (χ0n) is 12.1. The molecule has 2 rings (SSSR count). The van der Waals surface area contributed by atoms with Crippen molar-refractivity contribution in [1.29, 1.82) is 0 Å². The second-order valence-corrected chi connectivity index (χ2v) is 5.24. The van der Waals surface area contributed by atoms with Crippen LogP contribution in [0.2, 0.25) is 0 Å². The van der Waals surface area contributed by atoms with E-state index in [1.54, 1.807) is 7.11 Å². The van der Waals surface area contributed by atoms with Gasteiger partial charge in [-0.1, -0.05) is 25.1 Å². The van der Waals surface area contributed by atoms with Crippen molar-refractivity contribution in [3.8, 4) is 0 Å². The first-order valence-corrected chi connectivity index (χ1v) is 7.00. The van der Waals surface area contributed by atoms with E-state index in [-0.39, 0.29) is 12.1 Å². The van der Waals surface area contributed by atoms with Gasteiger partial charge in [-0.05, 0) is 31.4 Å². The quantitative estimate of drug-likeness (QED) is 0.867. The Morgan fingerprint density at radius 2 is 2.05 bits per heavy atom. The summed E-state index contributed by atoms with van der Waals surface area (Å²) in [6.45, 7) is 5.10. The molecular weight excluding hydrogens is 236 g/mol. The van der Waals surface area contributed by atoms with E-state index in [4.69, 9.17) is 10.5 Å². The van der Waals surface area contributed by atoms with Crippen LogP contribution in [0.1, 0.15) is 25.8 Å². The van der Waals surface area contributed by atoms with Crippen LogP contribution in [0.4, 0.5) is 0 Å². The number of methoxy groups -OCH3 is 1. The number of ether oxygens (including phenoxy) is 1. The molecule has 0 aliphatic rings. The van der Waals surface area contributed by atoms with E-state index >= 15 is 0 Å². The molecule has 3 nitrogen and oxygen atoms in total. The largest absolute Gasteiger partial charge is 0.380 e. The summed E-state index contributed by atoms with van der Waals surface area (Å²) in [4.78, 5) is 0. The van der Waals surface area contributed by atoms with Crippen molar-refractivity contribution in [3.63, 3.8) is 0 Å². The highest BCUT2D eigenvalue weighted by molar-refractivity contribution is 5.84. The first kappa shape index (κ1) is 14.1. The first-order chi connectivity index (χ1) is 9.15. The lowest BCUT2D eigenvalue weighted by molar-refractivity contribution is 0.104. The maximum absolute atomic E-state index is 6.10. The van der Waals surface area contributed by atoms with Crippen LogP contribution < -0.4 is 5.73 Å². The molecule has 2 aromatic rings. The minimum Gasteiger partial charge on any atom is -0.380 e. The third-order valence-corrected chi connectivity index (χ3v) is 3.73. The molecule has 0 radical (unpaired) electrons. The molecule has 2 atom stereocenters. The summed E-state index contributed by atoms with van der Waals surface area (Å²) in [7, 11) is 1.75. The third kappa shape index (κ3) is 3.17. The topological polar surface area (TPSA) is 40.2 Å². The summed E-state index contributed by atoms with van der Waals surface area (Å²) < 4.78 is 7.65. The molecule has 0 spiro atoms. The minimum atomic E-state index is 0.212. The van der Waals surface area contributed by atoms with Crippen molar-refractivity contribution in [1.82, 2.24) is 4.57 Å². The molecule has 2 unspecified atom stereocenters. The highest BCUT2D eigenvalue weighted by atomic mass is 16.5. The van der Waals surface area contributed by atoms with Gasteiger partial charge in [0.25, 0.3) is 0 Å². The van der Waals surface area contributed by atoms with Crippen LogP contribution in [-0.2, 0) is 17.7 Å². The fourth-order valence-corrected chi connectivity index (χ4v) is 2.41. The Bertz CT molecular complexity index is 487. The number of nitrogens with zero attached hydrogens (tertiary/aromatic N) is 1. The van der Waals surface area contributed by atoms with Gasteiger partial charge in [0.15, 0.2) is 0 Å². The monoisotopic (exact) mass is 260 g/mol. The molecule has 1 heterocycles. The molecule has 104 valence electrons. The van der Waals surface area contributed by atoms with E-state index in [1.165, 1.54) is 16.5 Å². The molecular formula is C16H24N2O. The van der Waals surface area contributed by atoms with E-state index in [0.29, 0.717) is 0 Å². The first-order valence-electron chi connectivity index (χ1n) is 7.00. The summed E-state index contributed by atoms with van der Waals surface area (Å²) in [5.41, 5.74) is 8.71. The van der Waals surface area contributed by atoms with E-state index < -0.39 is 0 Å². The van der Waals surface area contributed by atoms with E-state index in [2.05, 4.69) is 48.9 Å². The average molecular weight is 260 g/mol. The SMILES string of the molecule is CCC(N)Cc1cn(CC(C)OC)c2ccccc12. The summed E-state index contributed by atoms with van der Waals surface area (Å²) in [5, 5.41) is 1.31. The molecule has 1 aromatic heterocycles. The molecule has 0 fully saturated rings. The average Bonchev–Trinajstić information content (AvgIpc) is 2.77. The summed E-state index contributed by atoms with van der Waals surface area (Å²) in [6.07, 6.45) is 4.39. The van der Waals surface area contributed by atoms with Crippen molar-refractivity contribution < 1.29 is 4.74 Å². The number of fused-ring (bicyclic) bond motifs is 1. The molecule has 0 amide bonds.